The summed E-state index contributed by atoms with van der Waals surface area (Å²) < 4.78 is 28.0. The Morgan fingerprint density at radius 2 is 1.66 bits per heavy atom. The number of carbonyl (C=O) groups is 4. The number of fused-ring (bicyclic) bond motifs is 1. The second-order valence-electron chi connectivity index (χ2n) is 6.82. The largest absolute Gasteiger partial charge is 0.463 e. The molecule has 0 bridgehead atoms. The molecule has 3 heterocycles. The first kappa shape index (κ1) is 22.9. The molecule has 4 atom stereocenters. The maximum Gasteiger partial charge on any atom is 0.309 e. The molecule has 3 rings (SSSR count). The van der Waals surface area contributed by atoms with Crippen LogP contribution in [-0.4, -0.2) is 68.3 Å². The van der Waals surface area contributed by atoms with Gasteiger partial charge in [0.1, 0.15) is 12.7 Å². The molecule has 2 aromatic rings. The molecule has 0 radical (unpaired) electrons. The third-order valence-corrected chi connectivity index (χ3v) is 4.26. The molecule has 0 spiro atoms. The van der Waals surface area contributed by atoms with Gasteiger partial charge in [-0.2, -0.15) is 9.97 Å². The van der Waals surface area contributed by atoms with Gasteiger partial charge in [0.25, 0.3) is 5.88 Å². The number of imidazole rings is 1. The van der Waals surface area contributed by atoms with E-state index < -0.39 is 48.4 Å². The lowest BCUT2D eigenvalue weighted by Gasteiger charge is -2.23. The molecule has 1 fully saturated rings. The molecule has 0 unspecified atom stereocenters. The van der Waals surface area contributed by atoms with Crippen LogP contribution in [0.1, 0.15) is 33.9 Å². The lowest BCUT2D eigenvalue weighted by molar-refractivity contribution is -0.166. The van der Waals surface area contributed by atoms with Crippen molar-refractivity contribution in [1.29, 1.82) is 0 Å². The molecule has 2 aromatic heterocycles. The van der Waals surface area contributed by atoms with Crippen LogP contribution in [0.4, 0.5) is 5.95 Å². The Bertz CT molecular complexity index is 1070. The number of carbonyl (C=O) groups excluding carboxylic acids is 4. The smallest absolute Gasteiger partial charge is 0.309 e. The maximum atomic E-state index is 11.8. The monoisotopic (exact) mass is 451 g/mol. The molecule has 14 heteroatoms. The molecular formula is C18H21N5O9. The van der Waals surface area contributed by atoms with Crippen molar-refractivity contribution < 1.29 is 42.9 Å². The van der Waals surface area contributed by atoms with Crippen LogP contribution in [0.25, 0.3) is 11.2 Å². The second kappa shape index (κ2) is 9.13. The molecule has 0 saturated carbocycles. The fourth-order valence-electron chi connectivity index (χ4n) is 3.22. The number of ether oxygens (including phenoxy) is 5. The van der Waals surface area contributed by atoms with Gasteiger partial charge in [-0.15, -0.1) is 0 Å². The number of nitrogens with zero attached hydrogens (tertiary/aromatic N) is 4. The van der Waals surface area contributed by atoms with Gasteiger partial charge in [-0.25, -0.2) is 4.98 Å². The Balaban J connectivity index is 2.07. The highest BCUT2D eigenvalue weighted by atomic mass is 16.7. The first-order chi connectivity index (χ1) is 15.1. The fourth-order valence-corrected chi connectivity index (χ4v) is 3.22. The van der Waals surface area contributed by atoms with E-state index in [4.69, 9.17) is 29.4 Å². The van der Waals surface area contributed by atoms with Crippen molar-refractivity contribution in [3.8, 4) is 5.88 Å². The van der Waals surface area contributed by atoms with Gasteiger partial charge in [0, 0.05) is 27.7 Å². The number of nitrogens with two attached hydrogens (primary N) is 1. The van der Waals surface area contributed by atoms with E-state index in [9.17, 15) is 19.2 Å². The summed E-state index contributed by atoms with van der Waals surface area (Å²) in [7, 11) is 0. The number of esters is 4. The summed E-state index contributed by atoms with van der Waals surface area (Å²) >= 11 is 0. The van der Waals surface area contributed by atoms with Crippen molar-refractivity contribution in [2.75, 3.05) is 12.3 Å². The van der Waals surface area contributed by atoms with Crippen molar-refractivity contribution in [3.05, 3.63) is 6.33 Å². The van der Waals surface area contributed by atoms with Crippen LogP contribution in [0.2, 0.25) is 0 Å². The van der Waals surface area contributed by atoms with Crippen LogP contribution >= 0.6 is 0 Å². The summed E-state index contributed by atoms with van der Waals surface area (Å²) in [5.41, 5.74) is 5.93. The minimum Gasteiger partial charge on any atom is -0.463 e. The highest BCUT2D eigenvalue weighted by molar-refractivity contribution is 5.81. The second-order valence-corrected chi connectivity index (χ2v) is 6.82. The summed E-state index contributed by atoms with van der Waals surface area (Å²) in [5.74, 6) is -2.96. The quantitative estimate of drug-likeness (QED) is 0.444. The average Bonchev–Trinajstić information content (AvgIpc) is 3.21. The Kier molecular flexibility index (Phi) is 6.53. The van der Waals surface area contributed by atoms with E-state index in [0.29, 0.717) is 0 Å². The van der Waals surface area contributed by atoms with E-state index in [0.717, 1.165) is 0 Å². The first-order valence-electron chi connectivity index (χ1n) is 9.38. The van der Waals surface area contributed by atoms with Gasteiger partial charge >= 0.3 is 23.9 Å². The lowest BCUT2D eigenvalue weighted by atomic mass is 10.1. The number of hydrogen-bond acceptors (Lipinski definition) is 13. The van der Waals surface area contributed by atoms with Crippen molar-refractivity contribution in [3.63, 3.8) is 0 Å². The van der Waals surface area contributed by atoms with Gasteiger partial charge in [0.15, 0.2) is 29.6 Å². The molecule has 32 heavy (non-hydrogen) atoms. The summed E-state index contributed by atoms with van der Waals surface area (Å²) in [6.45, 7) is 4.46. The highest BCUT2D eigenvalue weighted by Crippen LogP contribution is 2.36. The van der Waals surface area contributed by atoms with Gasteiger partial charge in [0.2, 0.25) is 5.95 Å². The SMILES string of the molecule is CC(=O)OC[C@H]1O[C@@H](n2cnc3c(OC(C)=O)nc(N)nc32)[C@H](OC(C)=O)[C@@H]1OC(C)=O. The predicted molar refractivity (Wildman–Crippen MR) is 103 cm³/mol. The lowest BCUT2D eigenvalue weighted by Crippen LogP contribution is -2.40. The van der Waals surface area contributed by atoms with Crippen molar-refractivity contribution in [1.82, 2.24) is 19.5 Å². The molecule has 1 aliphatic rings. The molecule has 172 valence electrons. The molecular weight excluding hydrogens is 430 g/mol. The standard InChI is InChI=1S/C18H21N5O9/c1-7(24)28-5-11-13(29-8(2)25)14(30-9(3)26)17(32-11)23-6-20-12-15(23)21-18(19)22-16(12)31-10(4)27/h6,11,13-14,17H,5H2,1-4H3,(H2,19,21,22)/t11-,13-,14-,17-/m1/s1. The number of nitrogen functional groups attached to an aromatic ring is 1. The Morgan fingerprint density at radius 1 is 1.00 bits per heavy atom. The van der Waals surface area contributed by atoms with Gasteiger partial charge in [-0.3, -0.25) is 23.7 Å². The Hall–Kier alpha value is -3.81. The normalized spacial score (nSPS) is 22.4. The maximum absolute atomic E-state index is 11.8. The summed E-state index contributed by atoms with van der Waals surface area (Å²) in [4.78, 5) is 58.2. The average molecular weight is 451 g/mol. The zero-order valence-electron chi connectivity index (χ0n) is 17.6. The molecule has 0 amide bonds. The van der Waals surface area contributed by atoms with E-state index >= 15 is 0 Å². The van der Waals surface area contributed by atoms with E-state index in [1.165, 1.54) is 38.6 Å². The predicted octanol–water partition coefficient (Wildman–Crippen LogP) is -0.342. The molecule has 2 N–H and O–H groups in total. The number of rotatable bonds is 6. The molecule has 0 aliphatic carbocycles. The summed E-state index contributed by atoms with van der Waals surface area (Å²) in [6, 6.07) is 0. The fraction of sp³-hybridized carbons (Fsp3) is 0.500. The van der Waals surface area contributed by atoms with E-state index in [1.807, 2.05) is 0 Å². The molecule has 1 saturated heterocycles. The molecule has 1 aliphatic heterocycles. The van der Waals surface area contributed by atoms with Gasteiger partial charge in [-0.1, -0.05) is 0 Å². The van der Waals surface area contributed by atoms with Crippen LogP contribution in [0, 0.1) is 0 Å². The van der Waals surface area contributed by atoms with Crippen molar-refractivity contribution in [2.24, 2.45) is 0 Å². The van der Waals surface area contributed by atoms with Crippen LogP contribution in [0.5, 0.6) is 5.88 Å². The zero-order chi connectivity index (χ0) is 23.6. The topological polar surface area (TPSA) is 184 Å². The first-order valence-corrected chi connectivity index (χ1v) is 9.38. The number of anilines is 1. The number of hydrogen-bond donors (Lipinski definition) is 1. The van der Waals surface area contributed by atoms with Crippen molar-refractivity contribution >= 4 is 41.0 Å². The van der Waals surface area contributed by atoms with E-state index in [-0.39, 0.29) is 29.6 Å². The van der Waals surface area contributed by atoms with Crippen LogP contribution < -0.4 is 10.5 Å². The van der Waals surface area contributed by atoms with Crippen molar-refractivity contribution in [2.45, 2.75) is 52.2 Å². The highest BCUT2D eigenvalue weighted by Gasteiger charge is 2.51. The number of aromatic nitrogens is 4. The minimum atomic E-state index is -1.15. The zero-order valence-corrected chi connectivity index (χ0v) is 17.6. The van der Waals surface area contributed by atoms with Gasteiger partial charge < -0.3 is 29.4 Å². The van der Waals surface area contributed by atoms with Gasteiger partial charge in [0.05, 0.1) is 6.33 Å². The summed E-state index contributed by atoms with van der Waals surface area (Å²) in [5, 5.41) is 0. The van der Waals surface area contributed by atoms with Crippen LogP contribution in [0.3, 0.4) is 0 Å². The molecule has 14 nitrogen and oxygen atoms in total. The van der Waals surface area contributed by atoms with Crippen LogP contribution in [-0.2, 0) is 38.1 Å². The van der Waals surface area contributed by atoms with Crippen LogP contribution in [0.15, 0.2) is 6.33 Å². The minimum absolute atomic E-state index is 0.0899. The molecule has 0 aromatic carbocycles. The third-order valence-electron chi connectivity index (χ3n) is 4.26. The van der Waals surface area contributed by atoms with E-state index in [1.54, 1.807) is 0 Å². The van der Waals surface area contributed by atoms with Gasteiger partial charge in [-0.05, 0) is 0 Å². The third kappa shape index (κ3) is 4.91. The van der Waals surface area contributed by atoms with E-state index in [2.05, 4.69) is 15.0 Å². The summed E-state index contributed by atoms with van der Waals surface area (Å²) in [6.07, 6.45) is -3.05. The Labute approximate surface area is 180 Å². The Morgan fingerprint density at radius 3 is 2.25 bits per heavy atom.